The quantitative estimate of drug-likeness (QED) is 0.631. The summed E-state index contributed by atoms with van der Waals surface area (Å²) < 4.78 is 11.0. The van der Waals surface area contributed by atoms with Crippen LogP contribution in [-0.4, -0.2) is 26.9 Å². The second-order valence-corrected chi connectivity index (χ2v) is 9.60. The van der Waals surface area contributed by atoms with Gasteiger partial charge in [0.25, 0.3) is 0 Å². The lowest BCUT2D eigenvalue weighted by molar-refractivity contribution is 0.00666. The Balaban J connectivity index is 1.55. The Labute approximate surface area is 159 Å². The number of benzene rings is 1. The van der Waals surface area contributed by atoms with Gasteiger partial charge in [0.15, 0.2) is 0 Å². The maximum atomic E-state index is 5.87. The van der Waals surface area contributed by atoms with Crippen LogP contribution in [0, 0.1) is 24.2 Å². The second-order valence-electron chi connectivity index (χ2n) is 9.60. The molecule has 0 spiro atoms. The lowest BCUT2D eigenvalue weighted by Crippen LogP contribution is -2.46. The fourth-order valence-corrected chi connectivity index (χ4v) is 6.56. The molecule has 4 rings (SSSR count). The van der Waals surface area contributed by atoms with E-state index in [1.807, 2.05) is 0 Å². The molecule has 0 aliphatic heterocycles. The van der Waals surface area contributed by atoms with E-state index in [1.165, 1.54) is 56.9 Å². The van der Waals surface area contributed by atoms with E-state index in [4.69, 9.17) is 9.47 Å². The van der Waals surface area contributed by atoms with Gasteiger partial charge in [-0.3, -0.25) is 0 Å². The minimum Gasteiger partial charge on any atom is -0.382 e. The fourth-order valence-electron chi connectivity index (χ4n) is 6.56. The molecule has 1 unspecified atom stereocenters. The summed E-state index contributed by atoms with van der Waals surface area (Å²) in [6.07, 6.45) is 11.0. The molecule has 0 radical (unpaired) electrons. The van der Waals surface area contributed by atoms with Gasteiger partial charge in [0.1, 0.15) is 0 Å². The van der Waals surface area contributed by atoms with E-state index in [-0.39, 0.29) is 0 Å². The fraction of sp³-hybridized carbons (Fsp3) is 0.750. The Hall–Kier alpha value is -0.860. The van der Waals surface area contributed by atoms with Gasteiger partial charge in [-0.15, -0.1) is 0 Å². The summed E-state index contributed by atoms with van der Waals surface area (Å²) >= 11 is 0. The van der Waals surface area contributed by atoms with Crippen LogP contribution in [0.3, 0.4) is 0 Å². The number of hydrogen-bond acceptors (Lipinski definition) is 2. The summed E-state index contributed by atoms with van der Waals surface area (Å²) in [5.74, 6) is 1.77. The lowest BCUT2D eigenvalue weighted by Gasteiger charge is -2.53. The highest BCUT2D eigenvalue weighted by atomic mass is 16.5. The first-order chi connectivity index (χ1) is 12.6. The maximum absolute atomic E-state index is 5.87. The Kier molecular flexibility index (Phi) is 5.18. The zero-order valence-corrected chi connectivity index (χ0v) is 17.0. The van der Waals surface area contributed by atoms with E-state index in [0.717, 1.165) is 25.0 Å². The van der Waals surface area contributed by atoms with Gasteiger partial charge in [-0.25, -0.2) is 0 Å². The molecule has 0 aromatic heterocycles. The van der Waals surface area contributed by atoms with Crippen molar-refractivity contribution in [2.75, 3.05) is 26.9 Å². The highest BCUT2D eigenvalue weighted by Gasteiger charge is 2.52. The molecule has 26 heavy (non-hydrogen) atoms. The van der Waals surface area contributed by atoms with Gasteiger partial charge in [-0.1, -0.05) is 37.1 Å². The topological polar surface area (TPSA) is 18.5 Å². The first-order valence-corrected chi connectivity index (χ1v) is 10.7. The molecule has 2 heteroatoms. The van der Waals surface area contributed by atoms with Gasteiger partial charge in [0, 0.05) is 13.7 Å². The van der Waals surface area contributed by atoms with Crippen LogP contribution in [0.15, 0.2) is 18.2 Å². The molecule has 0 saturated heterocycles. The van der Waals surface area contributed by atoms with Gasteiger partial charge in [-0.05, 0) is 85.7 Å². The Bertz CT molecular complexity index is 639. The zero-order chi connectivity index (χ0) is 18.2. The number of ether oxygens (including phenoxy) is 2. The standard InChI is InChI=1S/C24H36O2/c1-18-5-6-19-16-20-7-10-24(11-12-26-14-13-25-3)9-4-8-23(2,21(19)15-18)22(20)17-24/h5-6,15,20,22H,4,7-14,16-17H2,1-3H3/t20-,22-,23+,24?/m0/s1. The molecule has 2 fully saturated rings. The number of aryl methyl sites for hydroxylation is 1. The molecule has 2 bridgehead atoms. The predicted octanol–water partition coefficient (Wildman–Crippen LogP) is 5.45. The van der Waals surface area contributed by atoms with Crippen LogP contribution in [-0.2, 0) is 21.3 Å². The SMILES string of the molecule is COCCOCCC12CCC[C@]3(C)c4cc(C)ccc4C[C@H](CC1)[C@@H]3C2. The van der Waals surface area contributed by atoms with Crippen molar-refractivity contribution in [1.82, 2.24) is 0 Å². The van der Waals surface area contributed by atoms with Gasteiger partial charge in [-0.2, -0.15) is 0 Å². The van der Waals surface area contributed by atoms with E-state index in [9.17, 15) is 0 Å². The molecular formula is C24H36O2. The minimum atomic E-state index is 0.392. The summed E-state index contributed by atoms with van der Waals surface area (Å²) in [5, 5.41) is 0. The van der Waals surface area contributed by atoms with Crippen molar-refractivity contribution in [2.45, 2.75) is 70.6 Å². The third-order valence-corrected chi connectivity index (χ3v) is 8.06. The Morgan fingerprint density at radius 2 is 2.00 bits per heavy atom. The van der Waals surface area contributed by atoms with Crippen LogP contribution in [0.5, 0.6) is 0 Å². The summed E-state index contributed by atoms with van der Waals surface area (Å²) in [4.78, 5) is 0. The second kappa shape index (κ2) is 7.28. The van der Waals surface area contributed by atoms with Crippen LogP contribution in [0.4, 0.5) is 0 Å². The van der Waals surface area contributed by atoms with Crippen LogP contribution < -0.4 is 0 Å². The van der Waals surface area contributed by atoms with Crippen LogP contribution in [0.2, 0.25) is 0 Å². The van der Waals surface area contributed by atoms with Crippen LogP contribution in [0.25, 0.3) is 0 Å². The van der Waals surface area contributed by atoms with Crippen molar-refractivity contribution >= 4 is 0 Å². The van der Waals surface area contributed by atoms with Crippen molar-refractivity contribution in [3.63, 3.8) is 0 Å². The molecule has 3 aliphatic rings. The van der Waals surface area contributed by atoms with Crippen molar-refractivity contribution in [3.8, 4) is 0 Å². The largest absolute Gasteiger partial charge is 0.382 e. The molecule has 2 nitrogen and oxygen atoms in total. The lowest BCUT2D eigenvalue weighted by atomic mass is 9.52. The first-order valence-electron chi connectivity index (χ1n) is 10.7. The van der Waals surface area contributed by atoms with Crippen LogP contribution in [0.1, 0.15) is 68.6 Å². The number of hydrogen-bond donors (Lipinski definition) is 0. The minimum absolute atomic E-state index is 0.392. The van der Waals surface area contributed by atoms with E-state index < -0.39 is 0 Å². The average molecular weight is 357 g/mol. The molecule has 0 N–H and O–H groups in total. The van der Waals surface area contributed by atoms with Gasteiger partial charge in [0.2, 0.25) is 0 Å². The van der Waals surface area contributed by atoms with Crippen molar-refractivity contribution in [3.05, 3.63) is 34.9 Å². The molecule has 4 atom stereocenters. The molecule has 3 aliphatic carbocycles. The van der Waals surface area contributed by atoms with E-state index >= 15 is 0 Å². The smallest absolute Gasteiger partial charge is 0.0700 e. The van der Waals surface area contributed by atoms with Gasteiger partial charge >= 0.3 is 0 Å². The zero-order valence-electron chi connectivity index (χ0n) is 17.0. The summed E-state index contributed by atoms with van der Waals surface area (Å²) in [6, 6.07) is 7.27. The van der Waals surface area contributed by atoms with Gasteiger partial charge in [0.05, 0.1) is 13.2 Å². The third-order valence-electron chi connectivity index (χ3n) is 8.06. The van der Waals surface area contributed by atoms with E-state index in [0.29, 0.717) is 17.4 Å². The maximum Gasteiger partial charge on any atom is 0.0700 e. The normalized spacial score (nSPS) is 35.7. The summed E-state index contributed by atoms with van der Waals surface area (Å²) in [5.41, 5.74) is 5.70. The summed E-state index contributed by atoms with van der Waals surface area (Å²) in [6.45, 7) is 7.22. The number of methoxy groups -OCH3 is 1. The first kappa shape index (κ1) is 18.5. The summed E-state index contributed by atoms with van der Waals surface area (Å²) in [7, 11) is 1.75. The van der Waals surface area contributed by atoms with E-state index in [2.05, 4.69) is 32.0 Å². The number of fused-ring (bicyclic) bond motifs is 3. The Morgan fingerprint density at radius 1 is 1.12 bits per heavy atom. The van der Waals surface area contributed by atoms with Crippen molar-refractivity contribution in [1.29, 1.82) is 0 Å². The number of rotatable bonds is 6. The monoisotopic (exact) mass is 356 g/mol. The molecule has 2 saturated carbocycles. The van der Waals surface area contributed by atoms with Gasteiger partial charge < -0.3 is 9.47 Å². The Morgan fingerprint density at radius 3 is 2.85 bits per heavy atom. The molecular weight excluding hydrogens is 320 g/mol. The predicted molar refractivity (Wildman–Crippen MR) is 107 cm³/mol. The third kappa shape index (κ3) is 3.24. The van der Waals surface area contributed by atoms with Crippen LogP contribution >= 0.6 is 0 Å². The van der Waals surface area contributed by atoms with Crippen molar-refractivity contribution < 1.29 is 9.47 Å². The molecule has 1 aromatic carbocycles. The molecule has 0 amide bonds. The molecule has 1 aromatic rings. The molecule has 0 heterocycles. The highest BCUT2D eigenvalue weighted by molar-refractivity contribution is 5.41. The average Bonchev–Trinajstić information content (AvgIpc) is 2.76. The van der Waals surface area contributed by atoms with E-state index in [1.54, 1.807) is 18.2 Å². The molecule has 144 valence electrons. The highest BCUT2D eigenvalue weighted by Crippen LogP contribution is 2.61. The van der Waals surface area contributed by atoms with Crippen molar-refractivity contribution in [2.24, 2.45) is 17.3 Å².